The van der Waals surface area contributed by atoms with Gasteiger partial charge < -0.3 is 0 Å². The second-order valence-electron chi connectivity index (χ2n) is 3.37. The zero-order valence-corrected chi connectivity index (χ0v) is 9.42. The van der Waals surface area contributed by atoms with Crippen LogP contribution in [0, 0.1) is 0 Å². The Hall–Kier alpha value is -0.740. The summed E-state index contributed by atoms with van der Waals surface area (Å²) in [6.07, 6.45) is -4.07. The molecule has 0 N–H and O–H groups in total. The van der Waals surface area contributed by atoms with Crippen LogP contribution >= 0.6 is 23.2 Å². The van der Waals surface area contributed by atoms with Gasteiger partial charge in [0, 0.05) is 12.1 Å². The minimum atomic E-state index is -4.45. The number of nitrogens with zero attached hydrogens (tertiary/aromatic N) is 1. The molecular weight excluding hydrogens is 262 g/mol. The molecule has 0 fully saturated rings. The Kier molecular flexibility index (Phi) is 2.88. The first kappa shape index (κ1) is 11.7. The molecule has 0 spiro atoms. The van der Waals surface area contributed by atoms with Crippen LogP contribution in [0.1, 0.15) is 11.1 Å². The Morgan fingerprint density at radius 2 is 1.88 bits per heavy atom. The summed E-state index contributed by atoms with van der Waals surface area (Å²) in [7, 11) is 0. The molecule has 0 aliphatic carbocycles. The van der Waals surface area contributed by atoms with E-state index in [4.69, 9.17) is 23.2 Å². The maximum absolute atomic E-state index is 12.6. The van der Waals surface area contributed by atoms with Gasteiger partial charge in [0.1, 0.15) is 5.71 Å². The fourth-order valence-corrected chi connectivity index (χ4v) is 2.10. The van der Waals surface area contributed by atoms with Gasteiger partial charge in [-0.3, -0.25) is 4.99 Å². The number of halogens is 5. The van der Waals surface area contributed by atoms with E-state index in [0.29, 0.717) is 12.0 Å². The lowest BCUT2D eigenvalue weighted by Gasteiger charge is -2.20. The van der Waals surface area contributed by atoms with Gasteiger partial charge >= 0.3 is 6.18 Å². The van der Waals surface area contributed by atoms with E-state index in [-0.39, 0.29) is 22.2 Å². The van der Waals surface area contributed by atoms with Crippen molar-refractivity contribution in [2.75, 3.05) is 6.54 Å². The number of hydrogen-bond donors (Lipinski definition) is 0. The molecule has 86 valence electrons. The zero-order valence-electron chi connectivity index (χ0n) is 7.91. The summed E-state index contributed by atoms with van der Waals surface area (Å²) in [6, 6.07) is 2.67. The van der Waals surface area contributed by atoms with Crippen molar-refractivity contribution in [2.24, 2.45) is 4.99 Å². The highest BCUT2D eigenvalue weighted by molar-refractivity contribution is 6.43. The van der Waals surface area contributed by atoms with Gasteiger partial charge in [-0.15, -0.1) is 0 Å². The standard InChI is InChI=1S/C10H6Cl2F3N/c11-7-2-1-6-5(8(7)12)3-4-16-9(6)10(13,14)15/h1-2H,3-4H2. The SMILES string of the molecule is FC(F)(F)C1=NCCc2c1ccc(Cl)c2Cl. The quantitative estimate of drug-likeness (QED) is 0.676. The van der Waals surface area contributed by atoms with Crippen LogP contribution in [0.4, 0.5) is 13.2 Å². The molecule has 16 heavy (non-hydrogen) atoms. The molecule has 1 nitrogen and oxygen atoms in total. The molecule has 0 atom stereocenters. The zero-order chi connectivity index (χ0) is 11.9. The smallest absolute Gasteiger partial charge is 0.280 e. The Morgan fingerprint density at radius 3 is 2.50 bits per heavy atom. The van der Waals surface area contributed by atoms with Crippen molar-refractivity contribution in [3.05, 3.63) is 33.3 Å². The molecule has 1 heterocycles. The number of benzene rings is 1. The van der Waals surface area contributed by atoms with E-state index >= 15 is 0 Å². The molecule has 1 aromatic carbocycles. The van der Waals surface area contributed by atoms with Gasteiger partial charge in [0.2, 0.25) is 0 Å². The van der Waals surface area contributed by atoms with Crippen molar-refractivity contribution in [2.45, 2.75) is 12.6 Å². The average molecular weight is 268 g/mol. The lowest BCUT2D eigenvalue weighted by Crippen LogP contribution is -2.28. The second kappa shape index (κ2) is 3.93. The summed E-state index contributed by atoms with van der Waals surface area (Å²) >= 11 is 11.6. The van der Waals surface area contributed by atoms with Gasteiger partial charge in [0.25, 0.3) is 0 Å². The summed E-state index contributed by atoms with van der Waals surface area (Å²) in [6.45, 7) is 0.0852. The topological polar surface area (TPSA) is 12.4 Å². The molecule has 0 unspecified atom stereocenters. The monoisotopic (exact) mass is 267 g/mol. The number of rotatable bonds is 0. The minimum Gasteiger partial charge on any atom is -0.280 e. The number of fused-ring (bicyclic) bond motifs is 1. The fraction of sp³-hybridized carbons (Fsp3) is 0.300. The third-order valence-electron chi connectivity index (χ3n) is 2.35. The van der Waals surface area contributed by atoms with E-state index in [1.807, 2.05) is 0 Å². The van der Waals surface area contributed by atoms with E-state index in [0.717, 1.165) is 0 Å². The number of alkyl halides is 3. The normalized spacial score (nSPS) is 15.7. The first-order valence-electron chi connectivity index (χ1n) is 4.50. The largest absolute Gasteiger partial charge is 0.433 e. The van der Waals surface area contributed by atoms with Crippen LogP contribution < -0.4 is 0 Å². The van der Waals surface area contributed by atoms with Gasteiger partial charge in [-0.25, -0.2) is 0 Å². The van der Waals surface area contributed by atoms with Crippen molar-refractivity contribution in [3.8, 4) is 0 Å². The molecule has 0 saturated heterocycles. The van der Waals surface area contributed by atoms with Crippen LogP contribution in [0.3, 0.4) is 0 Å². The van der Waals surface area contributed by atoms with E-state index in [1.54, 1.807) is 0 Å². The Labute approximate surface area is 99.9 Å². The first-order valence-corrected chi connectivity index (χ1v) is 5.25. The van der Waals surface area contributed by atoms with Crippen LogP contribution in [0.2, 0.25) is 10.0 Å². The molecule has 0 radical (unpaired) electrons. The molecule has 2 rings (SSSR count). The first-order chi connectivity index (χ1) is 7.41. The van der Waals surface area contributed by atoms with Gasteiger partial charge in [-0.1, -0.05) is 29.3 Å². The highest BCUT2D eigenvalue weighted by atomic mass is 35.5. The van der Waals surface area contributed by atoms with E-state index in [1.165, 1.54) is 12.1 Å². The summed E-state index contributed by atoms with van der Waals surface area (Å²) in [5.41, 5.74) is -0.406. The van der Waals surface area contributed by atoms with Crippen LogP contribution in [-0.2, 0) is 6.42 Å². The van der Waals surface area contributed by atoms with Gasteiger partial charge in [0.15, 0.2) is 0 Å². The second-order valence-corrected chi connectivity index (χ2v) is 4.15. The van der Waals surface area contributed by atoms with E-state index in [9.17, 15) is 13.2 Å². The Morgan fingerprint density at radius 1 is 1.19 bits per heavy atom. The number of hydrogen-bond acceptors (Lipinski definition) is 1. The minimum absolute atomic E-state index is 0.0353. The molecule has 1 aliphatic rings. The van der Waals surface area contributed by atoms with E-state index in [2.05, 4.69) is 4.99 Å². The van der Waals surface area contributed by atoms with Crippen LogP contribution in [0.25, 0.3) is 0 Å². The van der Waals surface area contributed by atoms with Crippen molar-refractivity contribution in [1.82, 2.24) is 0 Å². The van der Waals surface area contributed by atoms with Gasteiger partial charge in [0.05, 0.1) is 10.0 Å². The van der Waals surface area contributed by atoms with Crippen LogP contribution in [-0.4, -0.2) is 18.4 Å². The highest BCUT2D eigenvalue weighted by Gasteiger charge is 2.39. The molecule has 0 saturated carbocycles. The summed E-state index contributed by atoms with van der Waals surface area (Å²) < 4.78 is 37.9. The third kappa shape index (κ3) is 1.92. The maximum atomic E-state index is 12.6. The number of aliphatic imine (C=N–C) groups is 1. The summed E-state index contributed by atoms with van der Waals surface area (Å²) in [5.74, 6) is 0. The molecule has 0 bridgehead atoms. The van der Waals surface area contributed by atoms with Crippen molar-refractivity contribution in [3.63, 3.8) is 0 Å². The molecule has 0 aromatic heterocycles. The molecule has 1 aliphatic heterocycles. The average Bonchev–Trinajstić information content (AvgIpc) is 2.21. The third-order valence-corrected chi connectivity index (χ3v) is 3.19. The lowest BCUT2D eigenvalue weighted by atomic mass is 9.97. The lowest BCUT2D eigenvalue weighted by molar-refractivity contribution is -0.0584. The summed E-state index contributed by atoms with van der Waals surface area (Å²) in [4.78, 5) is 3.50. The van der Waals surface area contributed by atoms with Gasteiger partial charge in [-0.05, 0) is 18.1 Å². The van der Waals surface area contributed by atoms with Crippen molar-refractivity contribution in [1.29, 1.82) is 0 Å². The molecule has 0 amide bonds. The van der Waals surface area contributed by atoms with Crippen LogP contribution in [0.5, 0.6) is 0 Å². The predicted octanol–water partition coefficient (Wildman–Crippen LogP) is 3.90. The molecule has 1 aromatic rings. The predicted molar refractivity (Wildman–Crippen MR) is 57.6 cm³/mol. The Bertz CT molecular complexity index is 466. The maximum Gasteiger partial charge on any atom is 0.433 e. The fourth-order valence-electron chi connectivity index (χ4n) is 1.67. The molecular formula is C10H6Cl2F3N. The molecule has 6 heteroatoms. The van der Waals surface area contributed by atoms with Crippen molar-refractivity contribution >= 4 is 28.9 Å². The van der Waals surface area contributed by atoms with Crippen molar-refractivity contribution < 1.29 is 13.2 Å². The van der Waals surface area contributed by atoms with E-state index < -0.39 is 11.9 Å². The highest BCUT2D eigenvalue weighted by Crippen LogP contribution is 2.34. The van der Waals surface area contributed by atoms with Crippen LogP contribution in [0.15, 0.2) is 17.1 Å². The Balaban J connectivity index is 2.60. The summed E-state index contributed by atoms with van der Waals surface area (Å²) in [5, 5.41) is 0.458. The van der Waals surface area contributed by atoms with Gasteiger partial charge in [-0.2, -0.15) is 13.2 Å².